The molecule has 1 aromatic carbocycles. The number of amides is 1. The first-order valence-corrected chi connectivity index (χ1v) is 12.0. The van der Waals surface area contributed by atoms with E-state index in [1.165, 1.54) is 11.8 Å². The minimum atomic E-state index is -0.230. The Morgan fingerprint density at radius 1 is 1.03 bits per heavy atom. The summed E-state index contributed by atoms with van der Waals surface area (Å²) in [6.07, 6.45) is 4.37. The molecule has 0 aliphatic carbocycles. The predicted molar refractivity (Wildman–Crippen MR) is 133 cm³/mol. The molecule has 4 rings (SSSR count). The van der Waals surface area contributed by atoms with Crippen molar-refractivity contribution >= 4 is 23.5 Å². The summed E-state index contributed by atoms with van der Waals surface area (Å²) in [6.45, 7) is 6.54. The minimum absolute atomic E-state index is 0.0326. The fourth-order valence-corrected chi connectivity index (χ4v) is 4.56. The molecule has 0 saturated heterocycles. The number of rotatable bonds is 9. The van der Waals surface area contributed by atoms with Crippen LogP contribution in [-0.2, 0) is 6.54 Å². The summed E-state index contributed by atoms with van der Waals surface area (Å²) in [5, 5.41) is 9.39. The zero-order valence-electron chi connectivity index (χ0n) is 19.4. The van der Waals surface area contributed by atoms with Gasteiger partial charge in [-0.3, -0.25) is 24.7 Å². The molecule has 0 aliphatic heterocycles. The zero-order valence-corrected chi connectivity index (χ0v) is 20.2. The van der Waals surface area contributed by atoms with Crippen molar-refractivity contribution in [2.24, 2.45) is 0 Å². The molecule has 0 unspecified atom stereocenters. The number of hydrogen-bond donors (Lipinski definition) is 1. The van der Waals surface area contributed by atoms with Crippen LogP contribution in [0, 0.1) is 13.8 Å². The summed E-state index contributed by atoms with van der Waals surface area (Å²) in [5.74, 6) is 0.720. The molecule has 0 fully saturated rings. The third-order valence-corrected chi connectivity index (χ3v) is 6.38. The summed E-state index contributed by atoms with van der Waals surface area (Å²) in [6, 6.07) is 14.6. The lowest BCUT2D eigenvalue weighted by molar-refractivity contribution is 0.0999. The molecule has 0 aliphatic rings. The van der Waals surface area contributed by atoms with E-state index in [1.54, 1.807) is 29.2 Å². The van der Waals surface area contributed by atoms with Crippen LogP contribution in [0.5, 0.6) is 0 Å². The Balaban J connectivity index is 1.49. The number of carbonyl (C=O) groups is 2. The van der Waals surface area contributed by atoms with Gasteiger partial charge in [0.1, 0.15) is 0 Å². The molecule has 0 atom stereocenters. The van der Waals surface area contributed by atoms with Gasteiger partial charge in [-0.1, -0.05) is 36.9 Å². The van der Waals surface area contributed by atoms with Gasteiger partial charge in [-0.2, -0.15) is 0 Å². The van der Waals surface area contributed by atoms with Gasteiger partial charge in [0, 0.05) is 47.0 Å². The van der Waals surface area contributed by atoms with Crippen molar-refractivity contribution < 1.29 is 9.59 Å². The van der Waals surface area contributed by atoms with Gasteiger partial charge in [0.2, 0.25) is 0 Å². The Morgan fingerprint density at radius 3 is 2.47 bits per heavy atom. The number of aromatic nitrogens is 5. The van der Waals surface area contributed by atoms with Gasteiger partial charge in [-0.05, 0) is 50.6 Å². The molecule has 0 radical (unpaired) electrons. The summed E-state index contributed by atoms with van der Waals surface area (Å²) < 4.78 is 3.70. The van der Waals surface area contributed by atoms with E-state index in [0.29, 0.717) is 22.0 Å². The van der Waals surface area contributed by atoms with Crippen molar-refractivity contribution in [3.63, 3.8) is 0 Å². The normalized spacial score (nSPS) is 10.9. The molecular weight excluding hydrogens is 448 g/mol. The Morgan fingerprint density at radius 2 is 1.76 bits per heavy atom. The number of carbonyl (C=O) groups excluding carboxylic acids is 2. The fourth-order valence-electron chi connectivity index (χ4n) is 3.72. The smallest absolute Gasteiger partial charge is 0.270 e. The molecule has 3 heterocycles. The summed E-state index contributed by atoms with van der Waals surface area (Å²) >= 11 is 1.37. The minimum Gasteiger partial charge on any atom is -0.302 e. The summed E-state index contributed by atoms with van der Waals surface area (Å²) in [7, 11) is 0. The van der Waals surface area contributed by atoms with Gasteiger partial charge >= 0.3 is 0 Å². The Bertz CT molecular complexity index is 1300. The van der Waals surface area contributed by atoms with E-state index in [0.717, 1.165) is 30.0 Å². The number of benzene rings is 1. The van der Waals surface area contributed by atoms with Crippen molar-refractivity contribution in [1.82, 2.24) is 24.4 Å². The van der Waals surface area contributed by atoms with E-state index in [1.807, 2.05) is 54.8 Å². The number of nitrogens with zero attached hydrogens (tertiary/aromatic N) is 5. The third-order valence-electron chi connectivity index (χ3n) is 5.42. The molecular formula is C25H26N6O2S. The van der Waals surface area contributed by atoms with Crippen LogP contribution in [0.1, 0.15) is 45.4 Å². The molecule has 1 amide bonds. The largest absolute Gasteiger partial charge is 0.302 e. The van der Waals surface area contributed by atoms with Crippen LogP contribution in [0.4, 0.5) is 0 Å². The first kappa shape index (κ1) is 23.4. The van der Waals surface area contributed by atoms with Crippen molar-refractivity contribution in [2.75, 3.05) is 11.2 Å². The highest BCUT2D eigenvalue weighted by atomic mass is 32.2. The van der Waals surface area contributed by atoms with E-state index >= 15 is 0 Å². The van der Waals surface area contributed by atoms with Gasteiger partial charge in [-0.15, -0.1) is 10.2 Å². The van der Waals surface area contributed by atoms with Gasteiger partial charge in [0.25, 0.3) is 5.91 Å². The van der Waals surface area contributed by atoms with E-state index in [4.69, 9.17) is 0 Å². The number of aryl methyl sites for hydroxylation is 1. The van der Waals surface area contributed by atoms with Crippen LogP contribution >= 0.6 is 11.8 Å². The van der Waals surface area contributed by atoms with E-state index < -0.39 is 0 Å². The molecule has 1 N–H and O–H groups in total. The van der Waals surface area contributed by atoms with Crippen molar-refractivity contribution in [3.8, 4) is 11.4 Å². The van der Waals surface area contributed by atoms with Gasteiger partial charge in [-0.25, -0.2) is 0 Å². The van der Waals surface area contributed by atoms with Crippen LogP contribution in [0.15, 0.2) is 66.1 Å². The number of ketones is 1. The maximum Gasteiger partial charge on any atom is 0.270 e. The first-order chi connectivity index (χ1) is 16.5. The quantitative estimate of drug-likeness (QED) is 0.283. The van der Waals surface area contributed by atoms with Crippen LogP contribution in [0.25, 0.3) is 11.4 Å². The summed E-state index contributed by atoms with van der Waals surface area (Å²) in [5.41, 5.74) is 6.42. The number of hydrogen-bond acceptors (Lipinski definition) is 6. The van der Waals surface area contributed by atoms with E-state index in [-0.39, 0.29) is 17.4 Å². The highest BCUT2D eigenvalue weighted by molar-refractivity contribution is 7.99. The molecule has 0 saturated carbocycles. The standard InChI is InChI=1S/C25H26N6O2S/c1-4-14-30-23(19-10-12-26-13-11-19)27-28-25(30)34-16-22(32)21-15-17(2)31(18(21)3)29-24(33)20-8-6-5-7-9-20/h5-13,15H,4,14,16H2,1-3H3,(H,29,33). The SMILES string of the molecule is CCCn1c(SCC(=O)c2cc(C)n(NC(=O)c3ccccc3)c2C)nnc1-c1ccncc1. The topological polar surface area (TPSA) is 94.7 Å². The molecule has 0 bridgehead atoms. The average molecular weight is 475 g/mol. The maximum atomic E-state index is 13.1. The highest BCUT2D eigenvalue weighted by Crippen LogP contribution is 2.25. The van der Waals surface area contributed by atoms with E-state index in [2.05, 4.69) is 27.5 Å². The third kappa shape index (κ3) is 4.94. The molecule has 0 spiro atoms. The first-order valence-electron chi connectivity index (χ1n) is 11.0. The number of nitrogens with one attached hydrogen (secondary N) is 1. The fraction of sp³-hybridized carbons (Fsp3) is 0.240. The highest BCUT2D eigenvalue weighted by Gasteiger charge is 2.20. The molecule has 9 heteroatoms. The lowest BCUT2D eigenvalue weighted by Gasteiger charge is -2.12. The van der Waals surface area contributed by atoms with E-state index in [9.17, 15) is 9.59 Å². The Hall–Kier alpha value is -3.72. The molecule has 174 valence electrons. The molecule has 34 heavy (non-hydrogen) atoms. The second kappa shape index (κ2) is 10.5. The molecule has 4 aromatic rings. The van der Waals surface area contributed by atoms with Crippen LogP contribution < -0.4 is 5.43 Å². The van der Waals surface area contributed by atoms with Crippen LogP contribution in [-0.4, -0.2) is 41.9 Å². The molecule has 8 nitrogen and oxygen atoms in total. The van der Waals surface area contributed by atoms with Crippen molar-refractivity contribution in [1.29, 1.82) is 0 Å². The number of thioether (sulfide) groups is 1. The van der Waals surface area contributed by atoms with Crippen molar-refractivity contribution in [2.45, 2.75) is 38.9 Å². The second-order valence-electron chi connectivity index (χ2n) is 7.83. The molecule has 3 aromatic heterocycles. The second-order valence-corrected chi connectivity index (χ2v) is 8.78. The van der Waals surface area contributed by atoms with Crippen molar-refractivity contribution in [3.05, 3.63) is 83.4 Å². The monoisotopic (exact) mass is 474 g/mol. The predicted octanol–water partition coefficient (Wildman–Crippen LogP) is 4.53. The lowest BCUT2D eigenvalue weighted by atomic mass is 10.2. The summed E-state index contributed by atoms with van der Waals surface area (Å²) in [4.78, 5) is 29.7. The van der Waals surface area contributed by atoms with Crippen LogP contribution in [0.2, 0.25) is 0 Å². The zero-order chi connectivity index (χ0) is 24.1. The lowest BCUT2D eigenvalue weighted by Crippen LogP contribution is -2.25. The Labute approximate surface area is 202 Å². The van der Waals surface area contributed by atoms with Crippen LogP contribution in [0.3, 0.4) is 0 Å². The average Bonchev–Trinajstić information content (AvgIpc) is 3.39. The van der Waals surface area contributed by atoms with Gasteiger partial charge in [0.05, 0.1) is 5.75 Å². The number of pyridine rings is 1. The number of Topliss-reactive ketones (excluding diaryl/α,β-unsaturated/α-hetero) is 1. The Kier molecular flexibility index (Phi) is 7.22. The van der Waals surface area contributed by atoms with Gasteiger partial charge in [0.15, 0.2) is 16.8 Å². The van der Waals surface area contributed by atoms with Gasteiger partial charge < -0.3 is 4.57 Å². The maximum absolute atomic E-state index is 13.1.